The van der Waals surface area contributed by atoms with Crippen molar-refractivity contribution in [1.82, 2.24) is 4.72 Å². The highest BCUT2D eigenvalue weighted by Crippen LogP contribution is 2.24. The summed E-state index contributed by atoms with van der Waals surface area (Å²) < 4.78 is 66.4. The monoisotopic (exact) mass is 377 g/mol. The Morgan fingerprint density at radius 3 is 2.21 bits per heavy atom. The third kappa shape index (κ3) is 6.06. The molecule has 0 spiro atoms. The Labute approximate surface area is 142 Å². The third-order valence-electron chi connectivity index (χ3n) is 2.77. The molecule has 0 saturated carbocycles. The van der Waals surface area contributed by atoms with Crippen LogP contribution in [0, 0.1) is 0 Å². The van der Waals surface area contributed by atoms with E-state index in [1.807, 2.05) is 30.3 Å². The van der Waals surface area contributed by atoms with Crippen molar-refractivity contribution in [2.24, 2.45) is 0 Å². The van der Waals surface area contributed by atoms with Crippen LogP contribution in [-0.2, 0) is 10.0 Å². The number of benzene rings is 2. The fraction of sp³-hybridized carbons (Fsp3) is 0.200. The summed E-state index contributed by atoms with van der Waals surface area (Å²) in [7, 11) is -3.78. The van der Waals surface area contributed by atoms with Crippen LogP contribution in [0.2, 0.25) is 0 Å². The van der Waals surface area contributed by atoms with Crippen LogP contribution in [-0.4, -0.2) is 27.1 Å². The number of nitrogens with one attached hydrogen (secondary N) is 1. The van der Waals surface area contributed by atoms with E-state index < -0.39 is 22.1 Å². The highest BCUT2D eigenvalue weighted by molar-refractivity contribution is 7.99. The Bertz CT molecular complexity index is 748. The van der Waals surface area contributed by atoms with E-state index in [0.717, 1.165) is 29.2 Å². The molecular formula is C15H14F3NO3S2. The molecule has 0 unspecified atom stereocenters. The summed E-state index contributed by atoms with van der Waals surface area (Å²) in [6, 6.07) is 13.5. The van der Waals surface area contributed by atoms with Crippen molar-refractivity contribution < 1.29 is 26.3 Å². The van der Waals surface area contributed by atoms with E-state index in [-0.39, 0.29) is 11.4 Å². The lowest BCUT2D eigenvalue weighted by Crippen LogP contribution is -2.26. The highest BCUT2D eigenvalue weighted by Gasteiger charge is 2.31. The van der Waals surface area contributed by atoms with Gasteiger partial charge in [-0.1, -0.05) is 18.2 Å². The number of ether oxygens (including phenoxy) is 1. The quantitative estimate of drug-likeness (QED) is 0.591. The topological polar surface area (TPSA) is 55.4 Å². The first kappa shape index (κ1) is 18.6. The van der Waals surface area contributed by atoms with Crippen LogP contribution < -0.4 is 9.46 Å². The van der Waals surface area contributed by atoms with Gasteiger partial charge in [0.2, 0.25) is 10.0 Å². The number of thioether (sulfide) groups is 1. The normalized spacial score (nSPS) is 12.1. The second kappa shape index (κ2) is 7.91. The van der Waals surface area contributed by atoms with Crippen molar-refractivity contribution in [3.05, 3.63) is 54.6 Å². The van der Waals surface area contributed by atoms with Gasteiger partial charge in [-0.3, -0.25) is 0 Å². The molecule has 2 rings (SSSR count). The zero-order chi connectivity index (χ0) is 17.6. The van der Waals surface area contributed by atoms with Gasteiger partial charge < -0.3 is 4.74 Å². The average Bonchev–Trinajstić information content (AvgIpc) is 2.52. The van der Waals surface area contributed by atoms with Crippen LogP contribution in [0.3, 0.4) is 0 Å². The average molecular weight is 377 g/mol. The molecule has 0 amide bonds. The zero-order valence-electron chi connectivity index (χ0n) is 12.3. The number of rotatable bonds is 7. The van der Waals surface area contributed by atoms with Gasteiger partial charge in [0.25, 0.3) is 0 Å². The summed E-state index contributed by atoms with van der Waals surface area (Å²) in [5.41, 5.74) is 0. The first-order chi connectivity index (χ1) is 11.3. The van der Waals surface area contributed by atoms with E-state index >= 15 is 0 Å². The minimum absolute atomic E-state index is 0.123. The van der Waals surface area contributed by atoms with E-state index in [0.29, 0.717) is 5.75 Å². The predicted molar refractivity (Wildman–Crippen MR) is 85.5 cm³/mol. The first-order valence-electron chi connectivity index (χ1n) is 6.80. The Balaban J connectivity index is 1.88. The van der Waals surface area contributed by atoms with Crippen molar-refractivity contribution in [2.75, 3.05) is 12.3 Å². The molecule has 0 bridgehead atoms. The van der Waals surface area contributed by atoms with Gasteiger partial charge in [-0.15, -0.1) is 24.9 Å². The maximum atomic E-state index is 12.1. The molecule has 0 aliphatic heterocycles. The van der Waals surface area contributed by atoms with Crippen LogP contribution in [0.25, 0.3) is 0 Å². The van der Waals surface area contributed by atoms with Gasteiger partial charge in [-0.25, -0.2) is 13.1 Å². The van der Waals surface area contributed by atoms with Gasteiger partial charge in [0.15, 0.2) is 0 Å². The number of alkyl halides is 3. The van der Waals surface area contributed by atoms with Crippen LogP contribution in [0.1, 0.15) is 0 Å². The molecule has 1 N–H and O–H groups in total. The summed E-state index contributed by atoms with van der Waals surface area (Å²) >= 11 is 1.49. The minimum atomic E-state index is -4.81. The molecule has 2 aromatic rings. The lowest BCUT2D eigenvalue weighted by atomic mass is 10.3. The Kier molecular flexibility index (Phi) is 6.14. The van der Waals surface area contributed by atoms with Gasteiger partial charge >= 0.3 is 6.36 Å². The second-order valence-corrected chi connectivity index (χ2v) is 7.51. The largest absolute Gasteiger partial charge is 0.573 e. The fourth-order valence-electron chi connectivity index (χ4n) is 1.77. The van der Waals surface area contributed by atoms with Crippen LogP contribution >= 0.6 is 11.8 Å². The molecule has 0 atom stereocenters. The number of hydrogen-bond donors (Lipinski definition) is 1. The number of hydrogen-bond acceptors (Lipinski definition) is 4. The fourth-order valence-corrected chi connectivity index (χ4v) is 3.72. The Hall–Kier alpha value is -1.71. The van der Waals surface area contributed by atoms with Crippen molar-refractivity contribution >= 4 is 21.8 Å². The highest BCUT2D eigenvalue weighted by atomic mass is 32.2. The van der Waals surface area contributed by atoms with Crippen molar-refractivity contribution in [3.8, 4) is 5.75 Å². The van der Waals surface area contributed by atoms with E-state index in [9.17, 15) is 21.6 Å². The lowest BCUT2D eigenvalue weighted by molar-refractivity contribution is -0.274. The zero-order valence-corrected chi connectivity index (χ0v) is 13.9. The number of sulfonamides is 1. The van der Waals surface area contributed by atoms with Gasteiger partial charge in [-0.05, 0) is 36.4 Å². The Morgan fingerprint density at radius 2 is 1.62 bits per heavy atom. The molecule has 24 heavy (non-hydrogen) atoms. The minimum Gasteiger partial charge on any atom is -0.406 e. The van der Waals surface area contributed by atoms with Gasteiger partial charge in [0.05, 0.1) is 4.90 Å². The summed E-state index contributed by atoms with van der Waals surface area (Å²) in [4.78, 5) is 0.895. The maximum absolute atomic E-state index is 12.1. The molecule has 0 fully saturated rings. The number of halogens is 3. The molecular weight excluding hydrogens is 363 g/mol. The third-order valence-corrected chi connectivity index (χ3v) is 5.26. The summed E-state index contributed by atoms with van der Waals surface area (Å²) in [6.45, 7) is 0.197. The van der Waals surface area contributed by atoms with Gasteiger partial charge in [0.1, 0.15) is 5.75 Å². The summed E-state index contributed by atoms with van der Waals surface area (Å²) in [5.74, 6) is 0.0551. The van der Waals surface area contributed by atoms with Crippen LogP contribution in [0.5, 0.6) is 5.75 Å². The summed E-state index contributed by atoms with van der Waals surface area (Å²) in [6.07, 6.45) is -4.81. The first-order valence-corrected chi connectivity index (χ1v) is 9.26. The molecule has 0 saturated heterocycles. The van der Waals surface area contributed by atoms with Gasteiger partial charge in [-0.2, -0.15) is 0 Å². The predicted octanol–water partition coefficient (Wildman–Crippen LogP) is 3.66. The van der Waals surface area contributed by atoms with E-state index in [1.165, 1.54) is 11.8 Å². The van der Waals surface area contributed by atoms with E-state index in [2.05, 4.69) is 9.46 Å². The van der Waals surface area contributed by atoms with E-state index in [1.54, 1.807) is 0 Å². The van der Waals surface area contributed by atoms with Crippen LogP contribution in [0.15, 0.2) is 64.4 Å². The molecule has 0 aromatic heterocycles. The SMILES string of the molecule is O=S(=O)(NCCSc1ccccc1)c1ccc(OC(F)(F)F)cc1. The maximum Gasteiger partial charge on any atom is 0.573 e. The second-order valence-electron chi connectivity index (χ2n) is 4.58. The Morgan fingerprint density at radius 1 is 1.00 bits per heavy atom. The molecule has 2 aromatic carbocycles. The van der Waals surface area contributed by atoms with Crippen molar-refractivity contribution in [2.45, 2.75) is 16.2 Å². The lowest BCUT2D eigenvalue weighted by Gasteiger charge is -2.10. The molecule has 0 heterocycles. The summed E-state index contributed by atoms with van der Waals surface area (Å²) in [5, 5.41) is 0. The molecule has 0 aliphatic rings. The molecule has 0 radical (unpaired) electrons. The molecule has 0 aliphatic carbocycles. The van der Waals surface area contributed by atoms with E-state index in [4.69, 9.17) is 0 Å². The van der Waals surface area contributed by atoms with Crippen molar-refractivity contribution in [3.63, 3.8) is 0 Å². The van der Waals surface area contributed by atoms with Crippen molar-refractivity contribution in [1.29, 1.82) is 0 Å². The molecule has 9 heteroatoms. The molecule has 130 valence electrons. The van der Waals surface area contributed by atoms with Crippen LogP contribution in [0.4, 0.5) is 13.2 Å². The smallest absolute Gasteiger partial charge is 0.406 e. The van der Waals surface area contributed by atoms with Gasteiger partial charge in [0, 0.05) is 17.2 Å². The molecule has 4 nitrogen and oxygen atoms in total. The standard InChI is InChI=1S/C15H14F3NO3S2/c16-15(17,18)22-12-6-8-14(9-7-12)24(20,21)19-10-11-23-13-4-2-1-3-5-13/h1-9,19H,10-11H2.